The molecule has 1 aromatic rings. The first-order valence-corrected chi connectivity index (χ1v) is 11.1. The molecular formula is C22H29NO5S. The third kappa shape index (κ3) is 5.75. The number of nitrogens with one attached hydrogen (secondary N) is 1. The van der Waals surface area contributed by atoms with Gasteiger partial charge in [-0.2, -0.15) is 0 Å². The Balaban J connectivity index is 1.46. The van der Waals surface area contributed by atoms with Crippen LogP contribution in [0.4, 0.5) is 5.69 Å². The van der Waals surface area contributed by atoms with Gasteiger partial charge >= 0.3 is 11.9 Å². The average Bonchev–Trinajstić information content (AvgIpc) is 2.67. The number of esters is 2. The predicted molar refractivity (Wildman–Crippen MR) is 112 cm³/mol. The Morgan fingerprint density at radius 2 is 1.97 bits per heavy atom. The van der Waals surface area contributed by atoms with Gasteiger partial charge in [0.1, 0.15) is 6.10 Å². The predicted octanol–water partition coefficient (Wildman–Crippen LogP) is 4.04. The van der Waals surface area contributed by atoms with Crippen molar-refractivity contribution in [2.45, 2.75) is 62.7 Å². The second-order valence-corrected chi connectivity index (χ2v) is 9.56. The minimum Gasteiger partial charge on any atom is -0.460 e. The van der Waals surface area contributed by atoms with Crippen molar-refractivity contribution in [2.75, 3.05) is 11.9 Å². The maximum atomic E-state index is 12.2. The zero-order valence-corrected chi connectivity index (χ0v) is 18.0. The third-order valence-electron chi connectivity index (χ3n) is 5.65. The summed E-state index contributed by atoms with van der Waals surface area (Å²) in [6.45, 7) is 6.05. The summed E-state index contributed by atoms with van der Waals surface area (Å²) < 4.78 is 10.7. The van der Waals surface area contributed by atoms with Crippen LogP contribution in [0.3, 0.4) is 0 Å². The van der Waals surface area contributed by atoms with Gasteiger partial charge in [0.15, 0.2) is 6.61 Å². The summed E-state index contributed by atoms with van der Waals surface area (Å²) in [6.07, 6.45) is 2.83. The molecule has 4 atom stereocenters. The molecule has 0 aromatic heterocycles. The first-order valence-electron chi connectivity index (χ1n) is 10.2. The fraction of sp³-hybridized carbons (Fsp3) is 0.591. The molecule has 1 saturated carbocycles. The van der Waals surface area contributed by atoms with Crippen molar-refractivity contribution in [3.05, 3.63) is 24.3 Å². The maximum absolute atomic E-state index is 12.2. The lowest BCUT2D eigenvalue weighted by Crippen LogP contribution is -2.37. The highest BCUT2D eigenvalue weighted by Crippen LogP contribution is 2.37. The lowest BCUT2D eigenvalue weighted by Gasteiger charge is -2.36. The number of hydrogen-bond acceptors (Lipinski definition) is 6. The van der Waals surface area contributed by atoms with Gasteiger partial charge in [-0.1, -0.05) is 39.3 Å². The highest BCUT2D eigenvalue weighted by atomic mass is 32.2. The number of fused-ring (bicyclic) bond motifs is 1. The molecule has 0 radical (unpaired) electrons. The second-order valence-electron chi connectivity index (χ2n) is 8.31. The SMILES string of the molecule is CC(C)[C@@H]1CC[C@@H](C)C[C@H]1OC(=O)COC(=O)C[C@H]1Sc2ccccc2NC1=O. The van der Waals surface area contributed by atoms with Crippen LogP contribution in [0.5, 0.6) is 0 Å². The summed E-state index contributed by atoms with van der Waals surface area (Å²) in [4.78, 5) is 37.5. The number of hydrogen-bond donors (Lipinski definition) is 1. The van der Waals surface area contributed by atoms with E-state index in [-0.39, 0.29) is 18.4 Å². The number of benzene rings is 1. The fourth-order valence-corrected chi connectivity index (χ4v) is 5.12. The summed E-state index contributed by atoms with van der Waals surface area (Å²) in [6, 6.07) is 7.44. The van der Waals surface area contributed by atoms with Crippen molar-refractivity contribution in [1.29, 1.82) is 0 Å². The Hall–Kier alpha value is -2.02. The Bertz CT molecular complexity index is 765. The molecular weight excluding hydrogens is 390 g/mol. The molecule has 0 bridgehead atoms. The lowest BCUT2D eigenvalue weighted by molar-refractivity contribution is -0.167. The highest BCUT2D eigenvalue weighted by molar-refractivity contribution is 8.01. The molecule has 158 valence electrons. The van der Waals surface area contributed by atoms with E-state index in [9.17, 15) is 14.4 Å². The van der Waals surface area contributed by atoms with Gasteiger partial charge in [-0.15, -0.1) is 11.8 Å². The molecule has 1 aliphatic heterocycles. The topological polar surface area (TPSA) is 81.7 Å². The molecule has 1 aliphatic carbocycles. The number of para-hydroxylation sites is 1. The van der Waals surface area contributed by atoms with Crippen LogP contribution in [0.25, 0.3) is 0 Å². The van der Waals surface area contributed by atoms with E-state index in [2.05, 4.69) is 26.1 Å². The Morgan fingerprint density at radius 1 is 1.21 bits per heavy atom. The Kier molecular flexibility index (Phi) is 7.22. The molecule has 1 fully saturated rings. The molecule has 1 amide bonds. The van der Waals surface area contributed by atoms with E-state index in [4.69, 9.17) is 9.47 Å². The van der Waals surface area contributed by atoms with E-state index in [1.165, 1.54) is 11.8 Å². The number of anilines is 1. The zero-order valence-electron chi connectivity index (χ0n) is 17.2. The van der Waals surface area contributed by atoms with E-state index < -0.39 is 23.8 Å². The summed E-state index contributed by atoms with van der Waals surface area (Å²) in [5, 5.41) is 2.22. The number of carbonyl (C=O) groups is 3. The first-order chi connectivity index (χ1) is 13.8. The molecule has 0 spiro atoms. The van der Waals surface area contributed by atoms with Gasteiger partial charge in [-0.25, -0.2) is 4.79 Å². The molecule has 1 heterocycles. The highest BCUT2D eigenvalue weighted by Gasteiger charge is 2.34. The van der Waals surface area contributed by atoms with Gasteiger partial charge in [-0.3, -0.25) is 9.59 Å². The molecule has 7 heteroatoms. The smallest absolute Gasteiger partial charge is 0.344 e. The minimum absolute atomic E-state index is 0.0901. The molecule has 2 aliphatic rings. The zero-order chi connectivity index (χ0) is 21.0. The first kappa shape index (κ1) is 21.7. The monoisotopic (exact) mass is 419 g/mol. The van der Waals surface area contributed by atoms with Crippen LogP contribution in [0.1, 0.15) is 46.5 Å². The number of thioether (sulfide) groups is 1. The lowest BCUT2D eigenvalue weighted by atomic mass is 9.75. The molecule has 3 rings (SSSR count). The summed E-state index contributed by atoms with van der Waals surface area (Å²) in [5.74, 6) is -0.0271. The van der Waals surface area contributed by atoms with Gasteiger partial charge in [-0.05, 0) is 42.7 Å². The van der Waals surface area contributed by atoms with E-state index in [0.29, 0.717) is 17.8 Å². The summed E-state index contributed by atoms with van der Waals surface area (Å²) in [5.41, 5.74) is 0.747. The quantitative estimate of drug-likeness (QED) is 0.701. The van der Waals surface area contributed by atoms with E-state index in [1.807, 2.05) is 24.3 Å². The van der Waals surface area contributed by atoms with Crippen LogP contribution >= 0.6 is 11.8 Å². The van der Waals surface area contributed by atoms with Gasteiger partial charge in [0.25, 0.3) is 0 Å². The summed E-state index contributed by atoms with van der Waals surface area (Å²) >= 11 is 1.33. The Morgan fingerprint density at radius 3 is 2.72 bits per heavy atom. The van der Waals surface area contributed by atoms with Gasteiger partial charge in [0.2, 0.25) is 5.91 Å². The molecule has 6 nitrogen and oxygen atoms in total. The third-order valence-corrected chi connectivity index (χ3v) is 6.93. The van der Waals surface area contributed by atoms with Crippen molar-refractivity contribution in [3.8, 4) is 0 Å². The van der Waals surface area contributed by atoms with E-state index in [0.717, 1.165) is 29.8 Å². The molecule has 29 heavy (non-hydrogen) atoms. The van der Waals surface area contributed by atoms with Crippen LogP contribution in [0.2, 0.25) is 0 Å². The number of ether oxygens (including phenoxy) is 2. The van der Waals surface area contributed by atoms with Gasteiger partial charge in [0, 0.05) is 4.90 Å². The minimum atomic E-state index is -0.577. The molecule has 1 N–H and O–H groups in total. The van der Waals surface area contributed by atoms with E-state index in [1.54, 1.807) is 0 Å². The fourth-order valence-electron chi connectivity index (χ4n) is 4.03. The number of carbonyl (C=O) groups excluding carboxylic acids is 3. The second kappa shape index (κ2) is 9.65. The van der Waals surface area contributed by atoms with E-state index >= 15 is 0 Å². The summed E-state index contributed by atoms with van der Waals surface area (Å²) in [7, 11) is 0. The van der Waals surface area contributed by atoms with Crippen molar-refractivity contribution in [1.82, 2.24) is 0 Å². The van der Waals surface area contributed by atoms with Gasteiger partial charge < -0.3 is 14.8 Å². The average molecular weight is 420 g/mol. The van der Waals surface area contributed by atoms with Crippen molar-refractivity contribution < 1.29 is 23.9 Å². The normalized spacial score (nSPS) is 26.4. The number of rotatable bonds is 6. The molecule has 0 saturated heterocycles. The van der Waals surface area contributed by atoms with Crippen molar-refractivity contribution in [2.24, 2.45) is 17.8 Å². The largest absolute Gasteiger partial charge is 0.460 e. The van der Waals surface area contributed by atoms with Gasteiger partial charge in [0.05, 0.1) is 17.4 Å². The Labute approximate surface area is 176 Å². The van der Waals surface area contributed by atoms with Crippen molar-refractivity contribution >= 4 is 35.3 Å². The molecule has 0 unspecified atom stereocenters. The van der Waals surface area contributed by atoms with Crippen LogP contribution in [-0.2, 0) is 23.9 Å². The number of amides is 1. The van der Waals surface area contributed by atoms with Crippen LogP contribution < -0.4 is 5.32 Å². The van der Waals surface area contributed by atoms with Crippen LogP contribution in [0, 0.1) is 17.8 Å². The standard InChI is InChI=1S/C22H29NO5S/c1-13(2)15-9-8-14(3)10-17(15)28-21(25)12-27-20(24)11-19-22(26)23-16-6-4-5-7-18(16)29-19/h4-7,13-15,17,19H,8-12H2,1-3H3,(H,23,26)/t14-,15+,17-,19-/m1/s1. The van der Waals surface area contributed by atoms with Crippen LogP contribution in [0.15, 0.2) is 29.2 Å². The van der Waals surface area contributed by atoms with Crippen molar-refractivity contribution in [3.63, 3.8) is 0 Å². The maximum Gasteiger partial charge on any atom is 0.344 e. The van der Waals surface area contributed by atoms with Crippen LogP contribution in [-0.4, -0.2) is 35.8 Å². The molecule has 1 aromatic carbocycles.